The van der Waals surface area contributed by atoms with Crippen LogP contribution in [0, 0.1) is 11.8 Å². The number of hydrogen-bond donors (Lipinski definition) is 1. The molecular weight excluding hydrogens is 178 g/mol. The Morgan fingerprint density at radius 1 is 1.43 bits per heavy atom. The molecular formula is C11H23NO2. The number of methoxy groups -OCH3 is 1. The van der Waals surface area contributed by atoms with Gasteiger partial charge < -0.3 is 10.5 Å². The fourth-order valence-electron chi connectivity index (χ4n) is 1.65. The van der Waals surface area contributed by atoms with Crippen molar-refractivity contribution in [3.63, 3.8) is 0 Å². The monoisotopic (exact) mass is 201 g/mol. The normalized spacial score (nSPS) is 15.3. The van der Waals surface area contributed by atoms with Crippen LogP contribution in [-0.2, 0) is 9.53 Å². The van der Waals surface area contributed by atoms with Crippen LogP contribution in [0.3, 0.4) is 0 Å². The van der Waals surface area contributed by atoms with Crippen LogP contribution in [0.25, 0.3) is 0 Å². The highest BCUT2D eigenvalue weighted by Gasteiger charge is 2.21. The van der Waals surface area contributed by atoms with Crippen LogP contribution in [0.15, 0.2) is 0 Å². The molecule has 0 aliphatic heterocycles. The highest BCUT2D eigenvalue weighted by Crippen LogP contribution is 2.20. The molecule has 0 aromatic carbocycles. The summed E-state index contributed by atoms with van der Waals surface area (Å²) in [5.41, 5.74) is 5.96. The number of esters is 1. The maximum Gasteiger partial charge on any atom is 0.305 e. The quantitative estimate of drug-likeness (QED) is 0.668. The predicted molar refractivity (Wildman–Crippen MR) is 57.8 cm³/mol. The maximum absolute atomic E-state index is 11.1. The van der Waals surface area contributed by atoms with Crippen LogP contribution in [0.1, 0.15) is 40.0 Å². The second kappa shape index (κ2) is 6.82. The molecule has 3 nitrogen and oxygen atoms in total. The van der Waals surface area contributed by atoms with Gasteiger partial charge in [0.05, 0.1) is 7.11 Å². The Balaban J connectivity index is 4.16. The van der Waals surface area contributed by atoms with Gasteiger partial charge in [-0.1, -0.05) is 20.8 Å². The van der Waals surface area contributed by atoms with Gasteiger partial charge in [0.25, 0.3) is 0 Å². The lowest BCUT2D eigenvalue weighted by Crippen LogP contribution is -2.32. The summed E-state index contributed by atoms with van der Waals surface area (Å²) in [4.78, 5) is 11.1. The van der Waals surface area contributed by atoms with E-state index in [2.05, 4.69) is 25.5 Å². The zero-order valence-electron chi connectivity index (χ0n) is 9.75. The molecule has 0 heterocycles. The topological polar surface area (TPSA) is 52.3 Å². The van der Waals surface area contributed by atoms with Crippen molar-refractivity contribution in [3.05, 3.63) is 0 Å². The standard InChI is InChI=1S/C11H23NO2/c1-5-10(12)9(6-8(2)3)7-11(13)14-4/h8-10H,5-7,12H2,1-4H3. The van der Waals surface area contributed by atoms with Gasteiger partial charge in [-0.3, -0.25) is 4.79 Å². The molecule has 0 radical (unpaired) electrons. The van der Waals surface area contributed by atoms with Crippen molar-refractivity contribution in [2.24, 2.45) is 17.6 Å². The molecule has 0 spiro atoms. The highest BCUT2D eigenvalue weighted by atomic mass is 16.5. The van der Waals surface area contributed by atoms with Gasteiger partial charge in [-0.05, 0) is 24.7 Å². The van der Waals surface area contributed by atoms with Crippen molar-refractivity contribution in [1.82, 2.24) is 0 Å². The van der Waals surface area contributed by atoms with Crippen LogP contribution in [0.5, 0.6) is 0 Å². The minimum absolute atomic E-state index is 0.108. The third-order valence-corrected chi connectivity index (χ3v) is 2.51. The maximum atomic E-state index is 11.1. The molecule has 2 N–H and O–H groups in total. The average molecular weight is 201 g/mol. The molecule has 0 aromatic rings. The Labute approximate surface area is 87.0 Å². The minimum atomic E-state index is -0.153. The van der Waals surface area contributed by atoms with Gasteiger partial charge >= 0.3 is 5.97 Å². The number of ether oxygens (including phenoxy) is 1. The number of carbonyl (C=O) groups excluding carboxylic acids is 1. The fourth-order valence-corrected chi connectivity index (χ4v) is 1.65. The summed E-state index contributed by atoms with van der Waals surface area (Å²) in [5, 5.41) is 0. The molecule has 0 amide bonds. The number of rotatable bonds is 6. The molecule has 3 heteroatoms. The zero-order chi connectivity index (χ0) is 11.1. The molecule has 0 fully saturated rings. The van der Waals surface area contributed by atoms with E-state index in [9.17, 15) is 4.79 Å². The molecule has 0 aliphatic rings. The van der Waals surface area contributed by atoms with Gasteiger partial charge in [0.2, 0.25) is 0 Å². The predicted octanol–water partition coefficient (Wildman–Crippen LogP) is 1.95. The molecule has 0 saturated heterocycles. The van der Waals surface area contributed by atoms with Crippen molar-refractivity contribution < 1.29 is 9.53 Å². The van der Waals surface area contributed by atoms with Gasteiger partial charge in [0.1, 0.15) is 0 Å². The highest BCUT2D eigenvalue weighted by molar-refractivity contribution is 5.69. The second-order valence-corrected chi connectivity index (χ2v) is 4.24. The summed E-state index contributed by atoms with van der Waals surface area (Å²) in [7, 11) is 1.42. The number of carbonyl (C=O) groups is 1. The van der Waals surface area contributed by atoms with E-state index < -0.39 is 0 Å². The first-order chi connectivity index (χ1) is 6.51. The van der Waals surface area contributed by atoms with Crippen molar-refractivity contribution in [2.45, 2.75) is 46.1 Å². The first-order valence-corrected chi connectivity index (χ1v) is 5.33. The Bertz CT molecular complexity index is 169. The molecule has 2 unspecified atom stereocenters. The van der Waals surface area contributed by atoms with E-state index >= 15 is 0 Å². The van der Waals surface area contributed by atoms with E-state index in [1.807, 2.05) is 0 Å². The molecule has 2 atom stereocenters. The largest absolute Gasteiger partial charge is 0.469 e. The Kier molecular flexibility index (Phi) is 6.54. The minimum Gasteiger partial charge on any atom is -0.469 e. The summed E-state index contributed by atoms with van der Waals surface area (Å²) in [6, 6.07) is 0.108. The third-order valence-electron chi connectivity index (χ3n) is 2.51. The van der Waals surface area contributed by atoms with Crippen molar-refractivity contribution in [1.29, 1.82) is 0 Å². The molecule has 0 rings (SSSR count). The SMILES string of the molecule is CCC(N)C(CC(=O)OC)CC(C)C. The molecule has 84 valence electrons. The number of hydrogen-bond acceptors (Lipinski definition) is 3. The van der Waals surface area contributed by atoms with Gasteiger partial charge in [0.15, 0.2) is 0 Å². The van der Waals surface area contributed by atoms with E-state index in [0.717, 1.165) is 12.8 Å². The van der Waals surface area contributed by atoms with Gasteiger partial charge in [0, 0.05) is 12.5 Å². The Hall–Kier alpha value is -0.570. The van der Waals surface area contributed by atoms with Crippen LogP contribution in [-0.4, -0.2) is 19.1 Å². The summed E-state index contributed by atoms with van der Waals surface area (Å²) in [5.74, 6) is 0.675. The van der Waals surface area contributed by atoms with Crippen molar-refractivity contribution in [3.8, 4) is 0 Å². The van der Waals surface area contributed by atoms with Crippen LogP contribution < -0.4 is 5.73 Å². The summed E-state index contributed by atoms with van der Waals surface area (Å²) in [6.07, 6.45) is 2.35. The number of nitrogens with two attached hydrogens (primary N) is 1. The molecule has 0 aromatic heterocycles. The van der Waals surface area contributed by atoms with Crippen LogP contribution >= 0.6 is 0 Å². The Morgan fingerprint density at radius 2 is 2.00 bits per heavy atom. The summed E-state index contributed by atoms with van der Waals surface area (Å²) in [6.45, 7) is 6.34. The zero-order valence-corrected chi connectivity index (χ0v) is 9.75. The lowest BCUT2D eigenvalue weighted by atomic mass is 9.87. The van der Waals surface area contributed by atoms with Gasteiger partial charge in [-0.25, -0.2) is 0 Å². The van der Waals surface area contributed by atoms with Gasteiger partial charge in [-0.2, -0.15) is 0 Å². The second-order valence-electron chi connectivity index (χ2n) is 4.24. The van der Waals surface area contributed by atoms with Crippen molar-refractivity contribution in [2.75, 3.05) is 7.11 Å². The summed E-state index contributed by atoms with van der Waals surface area (Å²) >= 11 is 0. The fraction of sp³-hybridized carbons (Fsp3) is 0.909. The smallest absolute Gasteiger partial charge is 0.305 e. The average Bonchev–Trinajstić information content (AvgIpc) is 2.14. The lowest BCUT2D eigenvalue weighted by Gasteiger charge is -2.23. The molecule has 0 aliphatic carbocycles. The van der Waals surface area contributed by atoms with Gasteiger partial charge in [-0.15, -0.1) is 0 Å². The van der Waals surface area contributed by atoms with E-state index in [1.54, 1.807) is 0 Å². The molecule has 14 heavy (non-hydrogen) atoms. The first-order valence-electron chi connectivity index (χ1n) is 5.33. The van der Waals surface area contributed by atoms with E-state index in [-0.39, 0.29) is 17.9 Å². The summed E-state index contributed by atoms with van der Waals surface area (Å²) < 4.78 is 4.66. The molecule has 0 bridgehead atoms. The van der Waals surface area contributed by atoms with E-state index in [4.69, 9.17) is 5.73 Å². The van der Waals surface area contributed by atoms with Crippen molar-refractivity contribution >= 4 is 5.97 Å². The lowest BCUT2D eigenvalue weighted by molar-refractivity contribution is -0.142. The third kappa shape index (κ3) is 5.22. The Morgan fingerprint density at radius 3 is 2.36 bits per heavy atom. The van der Waals surface area contributed by atoms with E-state index in [0.29, 0.717) is 12.3 Å². The first kappa shape index (κ1) is 13.4. The molecule has 0 saturated carbocycles. The van der Waals surface area contributed by atoms with E-state index in [1.165, 1.54) is 7.11 Å². The van der Waals surface area contributed by atoms with Crippen LogP contribution in [0.2, 0.25) is 0 Å². The van der Waals surface area contributed by atoms with Crippen LogP contribution in [0.4, 0.5) is 0 Å².